The van der Waals surface area contributed by atoms with Crippen molar-refractivity contribution in [3.05, 3.63) is 58.6 Å². The molecular formula is C13H9ClF2N2O. The fraction of sp³-hybridized carbons (Fsp3) is 0. The fourth-order valence-electron chi connectivity index (χ4n) is 1.52. The molecule has 3 nitrogen and oxygen atoms in total. The van der Waals surface area contributed by atoms with Crippen molar-refractivity contribution in [2.24, 2.45) is 0 Å². The molecule has 2 rings (SSSR count). The Bertz CT molecular complexity index is 647. The van der Waals surface area contributed by atoms with Crippen LogP contribution in [0.3, 0.4) is 0 Å². The molecule has 0 unspecified atom stereocenters. The molecular weight excluding hydrogens is 274 g/mol. The van der Waals surface area contributed by atoms with Crippen molar-refractivity contribution >= 4 is 28.9 Å². The first-order valence-corrected chi connectivity index (χ1v) is 5.66. The van der Waals surface area contributed by atoms with Crippen molar-refractivity contribution in [2.75, 3.05) is 11.1 Å². The molecule has 0 saturated carbocycles. The molecule has 0 aliphatic heterocycles. The zero-order chi connectivity index (χ0) is 14.0. The largest absolute Gasteiger partial charge is 0.398 e. The second-order valence-electron chi connectivity index (χ2n) is 3.81. The predicted octanol–water partition coefficient (Wildman–Crippen LogP) is 3.45. The van der Waals surface area contributed by atoms with Gasteiger partial charge in [0.2, 0.25) is 0 Å². The third-order valence-electron chi connectivity index (χ3n) is 2.44. The van der Waals surface area contributed by atoms with Gasteiger partial charge in [0.15, 0.2) is 0 Å². The SMILES string of the molecule is Nc1cc(F)ccc1C(=O)Nc1ccc(F)cc1Cl. The highest BCUT2D eigenvalue weighted by atomic mass is 35.5. The third kappa shape index (κ3) is 3.00. The van der Waals surface area contributed by atoms with Crippen LogP contribution in [0.4, 0.5) is 20.2 Å². The molecule has 0 radical (unpaired) electrons. The van der Waals surface area contributed by atoms with Crippen LogP contribution in [0.2, 0.25) is 5.02 Å². The Hall–Kier alpha value is -2.14. The summed E-state index contributed by atoms with van der Waals surface area (Å²) in [5.41, 5.74) is 5.91. The number of halogens is 3. The first kappa shape index (κ1) is 13.3. The topological polar surface area (TPSA) is 55.1 Å². The average Bonchev–Trinajstić information content (AvgIpc) is 2.32. The van der Waals surface area contributed by atoms with E-state index < -0.39 is 17.5 Å². The summed E-state index contributed by atoms with van der Waals surface area (Å²) in [7, 11) is 0. The molecule has 0 aromatic heterocycles. The van der Waals surface area contributed by atoms with Crippen LogP contribution < -0.4 is 11.1 Å². The minimum absolute atomic E-state index is 0.00994. The number of rotatable bonds is 2. The summed E-state index contributed by atoms with van der Waals surface area (Å²) in [6.07, 6.45) is 0. The molecule has 0 saturated heterocycles. The molecule has 0 fully saturated rings. The van der Waals surface area contributed by atoms with E-state index in [1.807, 2.05) is 0 Å². The van der Waals surface area contributed by atoms with E-state index in [-0.39, 0.29) is 22.0 Å². The van der Waals surface area contributed by atoms with Crippen LogP contribution in [0.5, 0.6) is 0 Å². The van der Waals surface area contributed by atoms with Gasteiger partial charge in [-0.2, -0.15) is 0 Å². The fourth-order valence-corrected chi connectivity index (χ4v) is 1.74. The molecule has 0 aliphatic rings. The van der Waals surface area contributed by atoms with Crippen molar-refractivity contribution in [3.63, 3.8) is 0 Å². The van der Waals surface area contributed by atoms with E-state index in [0.717, 1.165) is 24.3 Å². The van der Waals surface area contributed by atoms with Gasteiger partial charge in [0.05, 0.1) is 16.3 Å². The highest BCUT2D eigenvalue weighted by Crippen LogP contribution is 2.24. The maximum absolute atomic E-state index is 12.9. The molecule has 98 valence electrons. The van der Waals surface area contributed by atoms with Gasteiger partial charge in [0.1, 0.15) is 11.6 Å². The molecule has 2 aromatic rings. The number of hydrogen-bond acceptors (Lipinski definition) is 2. The second-order valence-corrected chi connectivity index (χ2v) is 4.22. The predicted molar refractivity (Wildman–Crippen MR) is 70.2 cm³/mol. The van der Waals surface area contributed by atoms with Gasteiger partial charge < -0.3 is 11.1 Å². The maximum atomic E-state index is 12.9. The van der Waals surface area contributed by atoms with Crippen molar-refractivity contribution in [1.82, 2.24) is 0 Å². The lowest BCUT2D eigenvalue weighted by molar-refractivity contribution is 0.102. The van der Waals surface area contributed by atoms with Crippen LogP contribution in [0.1, 0.15) is 10.4 Å². The maximum Gasteiger partial charge on any atom is 0.257 e. The first-order chi connectivity index (χ1) is 8.97. The number of anilines is 2. The monoisotopic (exact) mass is 282 g/mol. The van der Waals surface area contributed by atoms with Gasteiger partial charge in [0, 0.05) is 5.69 Å². The van der Waals surface area contributed by atoms with E-state index in [1.54, 1.807) is 0 Å². The molecule has 19 heavy (non-hydrogen) atoms. The highest BCUT2D eigenvalue weighted by molar-refractivity contribution is 6.34. The Morgan fingerprint density at radius 1 is 1.11 bits per heavy atom. The Labute approximate surface area is 113 Å². The number of nitrogens with two attached hydrogens (primary N) is 1. The standard InChI is InChI=1S/C13H9ClF2N2O/c14-10-5-7(15)2-4-12(10)18-13(19)9-3-1-8(16)6-11(9)17/h1-6H,17H2,(H,18,19). The smallest absolute Gasteiger partial charge is 0.257 e. The van der Waals surface area contributed by atoms with Crippen molar-refractivity contribution in [2.45, 2.75) is 0 Å². The van der Waals surface area contributed by atoms with Gasteiger partial charge in [-0.15, -0.1) is 0 Å². The minimum Gasteiger partial charge on any atom is -0.398 e. The molecule has 1 amide bonds. The Morgan fingerprint density at radius 2 is 1.74 bits per heavy atom. The van der Waals surface area contributed by atoms with Gasteiger partial charge in [-0.05, 0) is 36.4 Å². The number of carbonyl (C=O) groups is 1. The number of hydrogen-bond donors (Lipinski definition) is 2. The number of nitrogen functional groups attached to an aromatic ring is 1. The molecule has 0 spiro atoms. The Kier molecular flexibility index (Phi) is 3.66. The molecule has 0 heterocycles. The molecule has 0 bridgehead atoms. The van der Waals surface area contributed by atoms with E-state index in [9.17, 15) is 13.6 Å². The van der Waals surface area contributed by atoms with E-state index in [2.05, 4.69) is 5.32 Å². The van der Waals surface area contributed by atoms with Gasteiger partial charge in [-0.3, -0.25) is 4.79 Å². The number of amides is 1. The van der Waals surface area contributed by atoms with Crippen molar-refractivity contribution in [1.29, 1.82) is 0 Å². The van der Waals surface area contributed by atoms with E-state index >= 15 is 0 Å². The van der Waals surface area contributed by atoms with Gasteiger partial charge in [0.25, 0.3) is 5.91 Å². The van der Waals surface area contributed by atoms with Crippen molar-refractivity contribution in [3.8, 4) is 0 Å². The van der Waals surface area contributed by atoms with Gasteiger partial charge in [-0.25, -0.2) is 8.78 Å². The molecule has 0 aliphatic carbocycles. The van der Waals surface area contributed by atoms with Crippen LogP contribution in [0.15, 0.2) is 36.4 Å². The van der Waals surface area contributed by atoms with Crippen LogP contribution in [0, 0.1) is 11.6 Å². The molecule has 0 atom stereocenters. The van der Waals surface area contributed by atoms with Gasteiger partial charge >= 0.3 is 0 Å². The van der Waals surface area contributed by atoms with E-state index in [0.29, 0.717) is 0 Å². The van der Waals surface area contributed by atoms with Crippen LogP contribution >= 0.6 is 11.6 Å². The van der Waals surface area contributed by atoms with E-state index in [1.165, 1.54) is 12.1 Å². The normalized spacial score (nSPS) is 10.3. The average molecular weight is 283 g/mol. The summed E-state index contributed by atoms with van der Waals surface area (Å²) in [6, 6.07) is 6.99. The summed E-state index contributed by atoms with van der Waals surface area (Å²) < 4.78 is 25.7. The Morgan fingerprint density at radius 3 is 2.37 bits per heavy atom. The molecule has 6 heteroatoms. The zero-order valence-electron chi connectivity index (χ0n) is 9.58. The summed E-state index contributed by atoms with van der Waals surface area (Å²) in [5.74, 6) is -1.59. The number of carbonyl (C=O) groups excluding carboxylic acids is 1. The number of nitrogens with one attached hydrogen (secondary N) is 1. The Balaban J connectivity index is 2.25. The summed E-state index contributed by atoms with van der Waals surface area (Å²) in [4.78, 5) is 11.9. The van der Waals surface area contributed by atoms with E-state index in [4.69, 9.17) is 17.3 Å². The zero-order valence-corrected chi connectivity index (χ0v) is 10.3. The van der Waals surface area contributed by atoms with Gasteiger partial charge in [-0.1, -0.05) is 11.6 Å². The lowest BCUT2D eigenvalue weighted by Gasteiger charge is -2.09. The molecule has 3 N–H and O–H groups in total. The second kappa shape index (κ2) is 5.24. The lowest BCUT2D eigenvalue weighted by atomic mass is 10.1. The molecule has 2 aromatic carbocycles. The summed E-state index contributed by atoms with van der Waals surface area (Å²) >= 11 is 5.78. The van der Waals surface area contributed by atoms with Crippen LogP contribution in [-0.2, 0) is 0 Å². The lowest BCUT2D eigenvalue weighted by Crippen LogP contribution is -2.14. The van der Waals surface area contributed by atoms with Crippen molar-refractivity contribution < 1.29 is 13.6 Å². The highest BCUT2D eigenvalue weighted by Gasteiger charge is 2.12. The third-order valence-corrected chi connectivity index (χ3v) is 2.75. The minimum atomic E-state index is -0.550. The van der Waals surface area contributed by atoms with Crippen LogP contribution in [-0.4, -0.2) is 5.91 Å². The summed E-state index contributed by atoms with van der Waals surface area (Å²) in [5, 5.41) is 2.54. The summed E-state index contributed by atoms with van der Waals surface area (Å²) in [6.45, 7) is 0. The quantitative estimate of drug-likeness (QED) is 0.829. The number of benzene rings is 2. The first-order valence-electron chi connectivity index (χ1n) is 5.29. The van der Waals surface area contributed by atoms with Crippen LogP contribution in [0.25, 0.3) is 0 Å².